The Labute approximate surface area is 84.0 Å². The third-order valence-electron chi connectivity index (χ3n) is 1.58. The first-order chi connectivity index (χ1) is 6.77. The number of hydrogen-bond acceptors (Lipinski definition) is 4. The quantitative estimate of drug-likeness (QED) is 0.446. The summed E-state index contributed by atoms with van der Waals surface area (Å²) in [6.45, 7) is 0. The Bertz CT molecular complexity index is 296. The molecule has 9 heteroatoms. The third-order valence-corrected chi connectivity index (χ3v) is 2.64. The van der Waals surface area contributed by atoms with Gasteiger partial charge in [-0.3, -0.25) is 9.59 Å². The molecule has 3 unspecified atom stereocenters. The summed E-state index contributed by atoms with van der Waals surface area (Å²) in [7, 11) is -3.30. The van der Waals surface area contributed by atoms with E-state index in [0.29, 0.717) is 0 Å². The number of hydrogen-bond donors (Lipinski definition) is 4. The molecule has 0 amide bonds. The first-order valence-electron chi connectivity index (χ1n) is 3.60. The van der Waals surface area contributed by atoms with Crippen LogP contribution in [0.25, 0.3) is 0 Å². The van der Waals surface area contributed by atoms with Crippen LogP contribution in [0.5, 0.6) is 0 Å². The fourth-order valence-electron chi connectivity index (χ4n) is 0.943. The molecule has 0 heterocycles. The molecule has 0 bridgehead atoms. The van der Waals surface area contributed by atoms with Gasteiger partial charge in [-0.25, -0.2) is 4.79 Å². The molecule has 0 radical (unpaired) electrons. The van der Waals surface area contributed by atoms with Crippen molar-refractivity contribution in [2.45, 2.75) is 12.1 Å². The lowest BCUT2D eigenvalue weighted by molar-refractivity contribution is -0.151. The summed E-state index contributed by atoms with van der Waals surface area (Å²) >= 11 is 0. The number of rotatable bonds is 6. The van der Waals surface area contributed by atoms with Crippen molar-refractivity contribution >= 4 is 25.9 Å². The average molecular weight is 239 g/mol. The zero-order chi connectivity index (χ0) is 12.2. The van der Waals surface area contributed by atoms with E-state index >= 15 is 0 Å². The molecule has 4 N–H and O–H groups in total. The minimum Gasteiger partial charge on any atom is -0.481 e. The van der Waals surface area contributed by atoms with Gasteiger partial charge in [0.1, 0.15) is 5.92 Å². The molecule has 0 aromatic heterocycles. The molecule has 0 saturated carbocycles. The Hall–Kier alpha value is -1.53. The maximum absolute atomic E-state index is 10.6. The second-order valence-electron chi connectivity index (χ2n) is 2.63. The largest absolute Gasteiger partial charge is 0.521 e. The molecule has 8 nitrogen and oxygen atoms in total. The molecule has 0 aliphatic heterocycles. The fraction of sp³-hybridized carbons (Fsp3) is 0.500. The summed E-state index contributed by atoms with van der Waals surface area (Å²) in [6.07, 6.45) is -1.02. The molecule has 0 aliphatic rings. The lowest BCUT2D eigenvalue weighted by Gasteiger charge is -2.08. The first-order valence-corrected chi connectivity index (χ1v) is 4.88. The van der Waals surface area contributed by atoms with Crippen molar-refractivity contribution in [3.63, 3.8) is 0 Å². The van der Waals surface area contributed by atoms with Crippen molar-refractivity contribution in [2.24, 2.45) is 5.92 Å². The molecule has 0 fully saturated rings. The maximum Gasteiger partial charge on any atom is 0.521 e. The van der Waals surface area contributed by atoms with Crippen LogP contribution in [-0.4, -0.2) is 43.8 Å². The average Bonchev–Trinajstić information content (AvgIpc) is 2.00. The van der Waals surface area contributed by atoms with Crippen LogP contribution in [0.15, 0.2) is 0 Å². The third kappa shape index (κ3) is 4.01. The highest BCUT2D eigenvalue weighted by molar-refractivity contribution is 7.40. The molecule has 84 valence electrons. The molecule has 0 rings (SSSR count). The standard InChI is InChI=1S/C6H7O8P/c7-3(8)1-2(5(9)10)4(6(11)12)15(13)14/h2,4H,1H2,(H3-,7,8,9,10,11,12,13,14)/p+1. The normalized spacial score (nSPS) is 15.1. The van der Waals surface area contributed by atoms with Crippen LogP contribution in [0.4, 0.5) is 0 Å². The van der Waals surface area contributed by atoms with Crippen LogP contribution in [0.2, 0.25) is 0 Å². The summed E-state index contributed by atoms with van der Waals surface area (Å²) in [5.74, 6) is -7.02. The minimum absolute atomic E-state index is 1.02. The summed E-state index contributed by atoms with van der Waals surface area (Å²) < 4.78 is 10.6. The van der Waals surface area contributed by atoms with Gasteiger partial charge in [0.25, 0.3) is 5.66 Å². The van der Waals surface area contributed by atoms with E-state index in [-0.39, 0.29) is 0 Å². The van der Waals surface area contributed by atoms with Gasteiger partial charge in [0.05, 0.1) is 6.42 Å². The Morgan fingerprint density at radius 2 is 1.53 bits per heavy atom. The van der Waals surface area contributed by atoms with Crippen molar-refractivity contribution < 1.29 is 39.2 Å². The predicted molar refractivity (Wildman–Crippen MR) is 44.6 cm³/mol. The van der Waals surface area contributed by atoms with Crippen LogP contribution in [0.3, 0.4) is 0 Å². The molecule has 0 aliphatic carbocycles. The Morgan fingerprint density at radius 3 is 1.73 bits per heavy atom. The monoisotopic (exact) mass is 239 g/mol. The van der Waals surface area contributed by atoms with E-state index in [4.69, 9.17) is 20.2 Å². The Morgan fingerprint density at radius 1 is 1.07 bits per heavy atom. The molecular formula is C6H8O8P+. The van der Waals surface area contributed by atoms with Crippen molar-refractivity contribution in [2.75, 3.05) is 0 Å². The van der Waals surface area contributed by atoms with E-state index in [1.54, 1.807) is 0 Å². The molecule has 0 saturated heterocycles. The van der Waals surface area contributed by atoms with E-state index in [2.05, 4.69) is 0 Å². The highest BCUT2D eigenvalue weighted by Crippen LogP contribution is 2.31. The molecule has 0 aromatic rings. The van der Waals surface area contributed by atoms with E-state index < -0.39 is 43.9 Å². The van der Waals surface area contributed by atoms with Crippen molar-refractivity contribution in [1.82, 2.24) is 0 Å². The van der Waals surface area contributed by atoms with Crippen molar-refractivity contribution in [3.05, 3.63) is 0 Å². The lowest BCUT2D eigenvalue weighted by atomic mass is 10.0. The van der Waals surface area contributed by atoms with Gasteiger partial charge < -0.3 is 15.3 Å². The second-order valence-corrected chi connectivity index (χ2v) is 3.79. The smallest absolute Gasteiger partial charge is 0.481 e. The molecular weight excluding hydrogens is 231 g/mol. The van der Waals surface area contributed by atoms with Crippen LogP contribution >= 0.6 is 8.03 Å². The maximum atomic E-state index is 10.6. The Balaban J connectivity index is 5.01. The minimum atomic E-state index is -3.30. The highest BCUT2D eigenvalue weighted by atomic mass is 31.1. The first kappa shape index (κ1) is 13.5. The zero-order valence-corrected chi connectivity index (χ0v) is 8.13. The molecule has 0 spiro atoms. The van der Waals surface area contributed by atoms with E-state index in [1.807, 2.05) is 0 Å². The number of carboxylic acid groups (broad SMARTS) is 3. The van der Waals surface area contributed by atoms with Gasteiger partial charge in [-0.05, 0) is 4.57 Å². The van der Waals surface area contributed by atoms with E-state index in [9.17, 15) is 18.9 Å². The zero-order valence-electron chi connectivity index (χ0n) is 7.23. The van der Waals surface area contributed by atoms with Gasteiger partial charge in [-0.15, -0.1) is 0 Å². The fourth-order valence-corrected chi connectivity index (χ4v) is 1.67. The summed E-state index contributed by atoms with van der Waals surface area (Å²) in [5, 5.41) is 25.3. The van der Waals surface area contributed by atoms with Gasteiger partial charge in [-0.1, -0.05) is 0 Å². The van der Waals surface area contributed by atoms with E-state index in [0.717, 1.165) is 0 Å². The van der Waals surface area contributed by atoms with Crippen LogP contribution in [0.1, 0.15) is 6.42 Å². The number of carbonyl (C=O) groups is 3. The predicted octanol–water partition coefficient (Wildman–Crippen LogP) is -0.650. The molecule has 3 atom stereocenters. The summed E-state index contributed by atoms with van der Waals surface area (Å²) in [6, 6.07) is 0. The van der Waals surface area contributed by atoms with Gasteiger partial charge in [0, 0.05) is 0 Å². The van der Waals surface area contributed by atoms with Gasteiger partial charge in [0.15, 0.2) is 0 Å². The summed E-state index contributed by atoms with van der Waals surface area (Å²) in [5.41, 5.74) is -2.12. The highest BCUT2D eigenvalue weighted by Gasteiger charge is 2.49. The number of aliphatic carboxylic acids is 3. The van der Waals surface area contributed by atoms with Crippen molar-refractivity contribution in [3.8, 4) is 0 Å². The molecule has 0 aromatic carbocycles. The number of carboxylic acids is 3. The summed E-state index contributed by atoms with van der Waals surface area (Å²) in [4.78, 5) is 39.8. The van der Waals surface area contributed by atoms with E-state index in [1.165, 1.54) is 0 Å². The van der Waals surface area contributed by atoms with Gasteiger partial charge in [-0.2, -0.15) is 4.89 Å². The van der Waals surface area contributed by atoms with Crippen LogP contribution in [0, 0.1) is 5.92 Å². The Kier molecular flexibility index (Phi) is 4.83. The van der Waals surface area contributed by atoms with Crippen LogP contribution in [-0.2, 0) is 18.9 Å². The second kappa shape index (κ2) is 5.38. The molecule has 15 heavy (non-hydrogen) atoms. The van der Waals surface area contributed by atoms with Gasteiger partial charge >= 0.3 is 25.9 Å². The van der Waals surface area contributed by atoms with Gasteiger partial charge in [0.2, 0.25) is 0 Å². The van der Waals surface area contributed by atoms with Crippen molar-refractivity contribution in [1.29, 1.82) is 0 Å². The van der Waals surface area contributed by atoms with Crippen LogP contribution < -0.4 is 0 Å². The topological polar surface area (TPSA) is 149 Å². The SMILES string of the molecule is O=C(O)CC(C(=O)O)C(C(=O)O)[P+](=O)O. The lowest BCUT2D eigenvalue weighted by Crippen LogP contribution is -2.34.